The Morgan fingerprint density at radius 2 is 1.59 bits per heavy atom. The van der Waals surface area contributed by atoms with Crippen molar-refractivity contribution in [1.29, 1.82) is 0 Å². The van der Waals surface area contributed by atoms with Crippen LogP contribution in [0.1, 0.15) is 57.9 Å². The summed E-state index contributed by atoms with van der Waals surface area (Å²) in [4.78, 5) is 25.9. The van der Waals surface area contributed by atoms with Crippen molar-refractivity contribution < 1.29 is 37.4 Å². The van der Waals surface area contributed by atoms with E-state index in [2.05, 4.69) is 4.90 Å². The van der Waals surface area contributed by atoms with Gasteiger partial charge in [0, 0.05) is 25.2 Å². The van der Waals surface area contributed by atoms with Crippen LogP contribution in [0.25, 0.3) is 0 Å². The number of benzene rings is 1. The number of rotatable bonds is 5. The van der Waals surface area contributed by atoms with Gasteiger partial charge in [-0.25, -0.2) is 9.18 Å². The lowest BCUT2D eigenvalue weighted by Crippen LogP contribution is -2.45. The highest BCUT2D eigenvalue weighted by Gasteiger charge is 2.42. The summed E-state index contributed by atoms with van der Waals surface area (Å²) < 4.78 is 44.9. The molecule has 10 heteroatoms. The summed E-state index contributed by atoms with van der Waals surface area (Å²) in [5, 5.41) is 17.4. The van der Waals surface area contributed by atoms with Crippen LogP contribution in [0.2, 0.25) is 0 Å². The van der Waals surface area contributed by atoms with E-state index in [0.29, 0.717) is 18.9 Å². The van der Waals surface area contributed by atoms with Crippen LogP contribution < -0.4 is 0 Å². The number of hydrogen-bond acceptors (Lipinski definition) is 4. The molecular weight excluding hydrogens is 456 g/mol. The molecule has 6 nitrogen and oxygen atoms in total. The Kier molecular flexibility index (Phi) is 9.87. The molecule has 192 valence electrons. The number of carboxylic acids is 1. The number of carboxylic acid groups (broad SMARTS) is 1. The molecule has 2 heterocycles. The van der Waals surface area contributed by atoms with Crippen molar-refractivity contribution in [3.05, 3.63) is 35.6 Å². The molecule has 2 atom stereocenters. The van der Waals surface area contributed by atoms with Crippen LogP contribution >= 0.6 is 0 Å². The number of nitrogens with zero attached hydrogens (tertiary/aromatic N) is 2. The molecule has 0 aromatic heterocycles. The summed E-state index contributed by atoms with van der Waals surface area (Å²) in [5.41, 5.74) is 1.27. The fourth-order valence-electron chi connectivity index (χ4n) is 4.77. The van der Waals surface area contributed by atoms with Crippen LogP contribution in [0.15, 0.2) is 24.3 Å². The van der Waals surface area contributed by atoms with Gasteiger partial charge in [0.2, 0.25) is 0 Å². The van der Waals surface area contributed by atoms with Gasteiger partial charge >= 0.3 is 12.1 Å². The summed E-state index contributed by atoms with van der Waals surface area (Å²) in [6, 6.07) is 6.80. The molecule has 2 N–H and O–H groups in total. The molecule has 2 unspecified atom stereocenters. The quantitative estimate of drug-likeness (QED) is 0.605. The van der Waals surface area contributed by atoms with Crippen LogP contribution in [0.4, 0.5) is 17.6 Å². The fourth-order valence-corrected chi connectivity index (χ4v) is 4.77. The summed E-state index contributed by atoms with van der Waals surface area (Å²) in [6.07, 6.45) is -0.0994. The van der Waals surface area contributed by atoms with Gasteiger partial charge in [0.25, 0.3) is 5.91 Å². The summed E-state index contributed by atoms with van der Waals surface area (Å²) in [6.45, 7) is 7.40. The van der Waals surface area contributed by atoms with Crippen molar-refractivity contribution >= 4 is 11.9 Å². The van der Waals surface area contributed by atoms with Crippen LogP contribution in [0.3, 0.4) is 0 Å². The van der Waals surface area contributed by atoms with Gasteiger partial charge in [-0.05, 0) is 68.7 Å². The average Bonchev–Trinajstić information content (AvgIpc) is 2.99. The van der Waals surface area contributed by atoms with E-state index >= 15 is 0 Å². The zero-order valence-corrected chi connectivity index (χ0v) is 19.7. The Morgan fingerprint density at radius 1 is 1.03 bits per heavy atom. The van der Waals surface area contributed by atoms with E-state index < -0.39 is 18.2 Å². The molecule has 0 aliphatic carbocycles. The molecular formula is C24H34F4N2O4. The van der Waals surface area contributed by atoms with Gasteiger partial charge in [-0.3, -0.25) is 9.69 Å². The lowest BCUT2D eigenvalue weighted by Gasteiger charge is -2.38. The van der Waals surface area contributed by atoms with E-state index in [4.69, 9.17) is 9.90 Å². The minimum absolute atomic E-state index is 0.108. The van der Waals surface area contributed by atoms with E-state index in [1.807, 2.05) is 30.9 Å². The zero-order valence-electron chi connectivity index (χ0n) is 19.7. The zero-order chi connectivity index (χ0) is 25.5. The number of aliphatic hydroxyl groups excluding tert-OH is 1. The number of aliphatic hydroxyl groups is 1. The highest BCUT2D eigenvalue weighted by Crippen LogP contribution is 2.39. The van der Waals surface area contributed by atoms with Crippen LogP contribution in [-0.4, -0.2) is 69.3 Å². The standard InChI is InChI=1S/C22H33FN2O2.C2HF3O2/c1-17(2)15-20(26)21(27)24-12-3-9-22(11-14-24)10-4-13-25(22)16-18-5-7-19(23)8-6-18;3-2(4,5)1(6)7/h5-8,17,20,26H,3-4,9-16H2,1-2H3;(H,6,7). The summed E-state index contributed by atoms with van der Waals surface area (Å²) >= 11 is 0. The molecule has 2 aliphatic rings. The summed E-state index contributed by atoms with van der Waals surface area (Å²) in [7, 11) is 0. The smallest absolute Gasteiger partial charge is 0.475 e. The number of alkyl halides is 3. The van der Waals surface area contributed by atoms with Crippen molar-refractivity contribution in [2.75, 3.05) is 19.6 Å². The van der Waals surface area contributed by atoms with Gasteiger partial charge < -0.3 is 15.1 Å². The third-order valence-electron chi connectivity index (χ3n) is 6.48. The topological polar surface area (TPSA) is 81.1 Å². The predicted molar refractivity (Wildman–Crippen MR) is 118 cm³/mol. The number of amides is 1. The number of halogens is 4. The first-order chi connectivity index (χ1) is 15.8. The highest BCUT2D eigenvalue weighted by molar-refractivity contribution is 5.80. The first-order valence-corrected chi connectivity index (χ1v) is 11.6. The number of carbonyl (C=O) groups is 2. The van der Waals surface area contributed by atoms with E-state index in [-0.39, 0.29) is 17.3 Å². The Bertz CT molecular complexity index is 816. The summed E-state index contributed by atoms with van der Waals surface area (Å²) in [5.74, 6) is -2.75. The lowest BCUT2D eigenvalue weighted by molar-refractivity contribution is -0.192. The van der Waals surface area contributed by atoms with Crippen molar-refractivity contribution in [1.82, 2.24) is 9.80 Å². The molecule has 2 saturated heterocycles. The number of carbonyl (C=O) groups excluding carboxylic acids is 1. The van der Waals surface area contributed by atoms with Gasteiger partial charge in [-0.15, -0.1) is 0 Å². The van der Waals surface area contributed by atoms with Crippen LogP contribution in [0.5, 0.6) is 0 Å². The van der Waals surface area contributed by atoms with Gasteiger partial charge in [0.05, 0.1) is 0 Å². The third kappa shape index (κ3) is 7.94. The third-order valence-corrected chi connectivity index (χ3v) is 6.48. The van der Waals surface area contributed by atoms with E-state index in [0.717, 1.165) is 50.9 Å². The Morgan fingerprint density at radius 3 is 2.12 bits per heavy atom. The molecule has 1 amide bonds. The Balaban J connectivity index is 0.000000509. The highest BCUT2D eigenvalue weighted by atomic mass is 19.4. The predicted octanol–water partition coefficient (Wildman–Crippen LogP) is 4.21. The molecule has 1 aromatic rings. The molecule has 0 radical (unpaired) electrons. The van der Waals surface area contributed by atoms with Crippen molar-refractivity contribution in [3.8, 4) is 0 Å². The van der Waals surface area contributed by atoms with Crippen molar-refractivity contribution in [2.24, 2.45) is 5.92 Å². The van der Waals surface area contributed by atoms with E-state index in [9.17, 15) is 27.5 Å². The number of likely N-dealkylation sites (tertiary alicyclic amines) is 2. The monoisotopic (exact) mass is 490 g/mol. The first kappa shape index (κ1) is 28.0. The maximum absolute atomic E-state index is 13.2. The van der Waals surface area contributed by atoms with Gasteiger partial charge in [0.1, 0.15) is 11.9 Å². The molecule has 3 rings (SSSR count). The van der Waals surface area contributed by atoms with Crippen LogP contribution in [-0.2, 0) is 16.1 Å². The maximum atomic E-state index is 13.2. The molecule has 34 heavy (non-hydrogen) atoms. The minimum atomic E-state index is -5.08. The van der Waals surface area contributed by atoms with E-state index in [1.165, 1.54) is 18.6 Å². The lowest BCUT2D eigenvalue weighted by atomic mass is 9.87. The molecule has 0 bridgehead atoms. The van der Waals surface area contributed by atoms with Gasteiger partial charge in [-0.1, -0.05) is 26.0 Å². The fraction of sp³-hybridized carbons (Fsp3) is 0.667. The number of hydrogen-bond donors (Lipinski definition) is 2. The molecule has 2 aliphatic heterocycles. The maximum Gasteiger partial charge on any atom is 0.490 e. The normalized spacial score (nSPS) is 22.3. The second-order valence-corrected chi connectivity index (χ2v) is 9.50. The first-order valence-electron chi connectivity index (χ1n) is 11.6. The average molecular weight is 491 g/mol. The van der Waals surface area contributed by atoms with Gasteiger partial charge in [-0.2, -0.15) is 13.2 Å². The number of aliphatic carboxylic acids is 1. The molecule has 2 fully saturated rings. The van der Waals surface area contributed by atoms with Crippen LogP contribution in [0, 0.1) is 11.7 Å². The molecule has 0 saturated carbocycles. The Hall–Kier alpha value is -2.20. The second-order valence-electron chi connectivity index (χ2n) is 9.50. The largest absolute Gasteiger partial charge is 0.490 e. The molecule has 1 aromatic carbocycles. The molecule has 1 spiro atoms. The Labute approximate surface area is 197 Å². The second kappa shape index (κ2) is 12.0. The van der Waals surface area contributed by atoms with Gasteiger partial charge in [0.15, 0.2) is 0 Å². The minimum Gasteiger partial charge on any atom is -0.475 e. The SMILES string of the molecule is CC(C)CC(O)C(=O)N1CCCC2(CCCN2Cc2ccc(F)cc2)CC1.O=C(O)C(F)(F)F. The van der Waals surface area contributed by atoms with Crippen molar-refractivity contribution in [2.45, 2.75) is 76.7 Å². The van der Waals surface area contributed by atoms with E-state index in [1.54, 1.807) is 0 Å². The van der Waals surface area contributed by atoms with Crippen molar-refractivity contribution in [3.63, 3.8) is 0 Å².